The van der Waals surface area contributed by atoms with Gasteiger partial charge in [-0.25, -0.2) is 0 Å². The maximum Gasteiger partial charge on any atom is -0.0132 e. The van der Waals surface area contributed by atoms with Crippen LogP contribution in [0.5, 0.6) is 0 Å². The van der Waals surface area contributed by atoms with Gasteiger partial charge in [0.05, 0.1) is 0 Å². The summed E-state index contributed by atoms with van der Waals surface area (Å²) in [5, 5.41) is 0. The van der Waals surface area contributed by atoms with Crippen molar-refractivity contribution in [1.82, 2.24) is 0 Å². The van der Waals surface area contributed by atoms with Crippen molar-refractivity contribution in [2.75, 3.05) is 0 Å². The zero-order valence-corrected chi connectivity index (χ0v) is 10.5. The Labute approximate surface area is 99.0 Å². The number of benzene rings is 1. The van der Waals surface area contributed by atoms with Crippen LogP contribution in [-0.4, -0.2) is 0 Å². The Kier molecular flexibility index (Phi) is 3.89. The fourth-order valence-corrected chi connectivity index (χ4v) is 1.54. The lowest BCUT2D eigenvalue weighted by atomic mass is 9.85. The fourth-order valence-electron chi connectivity index (χ4n) is 1.54. The molecule has 0 radical (unpaired) electrons. The normalized spacial score (nSPS) is 11.7. The van der Waals surface area contributed by atoms with Crippen molar-refractivity contribution in [3.8, 4) is 0 Å². The minimum absolute atomic E-state index is 0.179. The highest BCUT2D eigenvalue weighted by Gasteiger charge is 2.13. The largest absolute Gasteiger partial charge is 0.0991 e. The average molecular weight is 212 g/mol. The zero-order chi connectivity index (χ0) is 12.2. The third-order valence-electron chi connectivity index (χ3n) is 2.58. The summed E-state index contributed by atoms with van der Waals surface area (Å²) in [7, 11) is 0. The molecule has 0 spiro atoms. The molecule has 0 aromatic heterocycles. The number of allylic oxidation sites excluding steroid dienone is 2. The van der Waals surface area contributed by atoms with Crippen LogP contribution in [0.2, 0.25) is 0 Å². The van der Waals surface area contributed by atoms with Crippen LogP contribution < -0.4 is 0 Å². The summed E-state index contributed by atoms with van der Waals surface area (Å²) in [6.45, 7) is 14.2. The molecule has 0 fully saturated rings. The van der Waals surface area contributed by atoms with Gasteiger partial charge in [-0.1, -0.05) is 76.4 Å². The van der Waals surface area contributed by atoms with Crippen LogP contribution in [0.1, 0.15) is 37.5 Å². The fraction of sp³-hybridized carbons (Fsp3) is 0.250. The van der Waals surface area contributed by atoms with E-state index in [1.54, 1.807) is 6.08 Å². The van der Waals surface area contributed by atoms with Gasteiger partial charge in [0.1, 0.15) is 0 Å². The van der Waals surface area contributed by atoms with Crippen molar-refractivity contribution < 1.29 is 0 Å². The number of hydrogen-bond donors (Lipinski definition) is 0. The molecule has 16 heavy (non-hydrogen) atoms. The first-order chi connectivity index (χ1) is 7.49. The van der Waals surface area contributed by atoms with Gasteiger partial charge < -0.3 is 0 Å². The van der Waals surface area contributed by atoms with Crippen molar-refractivity contribution in [1.29, 1.82) is 0 Å². The van der Waals surface area contributed by atoms with Crippen molar-refractivity contribution >= 4 is 12.2 Å². The molecule has 0 N–H and O–H groups in total. The maximum atomic E-state index is 3.86. The highest BCUT2D eigenvalue weighted by atomic mass is 14.2. The highest BCUT2D eigenvalue weighted by Crippen LogP contribution is 2.25. The molecule has 0 aliphatic heterocycles. The van der Waals surface area contributed by atoms with Crippen LogP contribution in [0.3, 0.4) is 0 Å². The minimum atomic E-state index is 0.179. The molecule has 0 aliphatic carbocycles. The summed E-state index contributed by atoms with van der Waals surface area (Å²) in [5.74, 6) is 0. The molecule has 0 heteroatoms. The number of rotatable bonds is 3. The van der Waals surface area contributed by atoms with E-state index in [9.17, 15) is 0 Å². The van der Waals surface area contributed by atoms with Gasteiger partial charge in [0, 0.05) is 0 Å². The molecule has 1 rings (SSSR count). The summed E-state index contributed by atoms with van der Waals surface area (Å²) < 4.78 is 0. The monoisotopic (exact) mass is 212 g/mol. The van der Waals surface area contributed by atoms with Crippen molar-refractivity contribution in [2.24, 2.45) is 0 Å². The SMILES string of the molecule is C=C/C=C\c1ccc(C(C)(C)C)cc1C=C. The first-order valence-electron chi connectivity index (χ1n) is 5.55. The third-order valence-corrected chi connectivity index (χ3v) is 2.58. The van der Waals surface area contributed by atoms with Gasteiger partial charge in [-0.05, 0) is 22.1 Å². The Morgan fingerprint density at radius 2 is 1.75 bits per heavy atom. The first-order valence-corrected chi connectivity index (χ1v) is 5.55. The van der Waals surface area contributed by atoms with E-state index in [2.05, 4.69) is 58.2 Å². The zero-order valence-electron chi connectivity index (χ0n) is 10.5. The van der Waals surface area contributed by atoms with Crippen LogP contribution in [0.25, 0.3) is 12.2 Å². The van der Waals surface area contributed by atoms with Crippen LogP contribution >= 0.6 is 0 Å². The predicted molar refractivity (Wildman–Crippen MR) is 74.5 cm³/mol. The molecular weight excluding hydrogens is 192 g/mol. The standard InChI is InChI=1S/C16H20/c1-6-8-9-14-10-11-15(16(3,4)5)12-13(14)7-2/h6-12H,1-2H2,3-5H3/b9-8-. The molecular formula is C16H20. The second-order valence-electron chi connectivity index (χ2n) is 4.89. The predicted octanol–water partition coefficient (Wildman–Crippen LogP) is 4.83. The van der Waals surface area contributed by atoms with Crippen molar-refractivity contribution in [2.45, 2.75) is 26.2 Å². The van der Waals surface area contributed by atoms with E-state index in [-0.39, 0.29) is 5.41 Å². The van der Waals surface area contributed by atoms with Crippen molar-refractivity contribution in [3.05, 3.63) is 60.2 Å². The molecule has 0 bridgehead atoms. The smallest absolute Gasteiger partial charge is 0.0132 e. The molecule has 1 aromatic carbocycles. The molecule has 0 saturated heterocycles. The Morgan fingerprint density at radius 3 is 2.25 bits per heavy atom. The highest BCUT2D eigenvalue weighted by molar-refractivity contribution is 5.66. The summed E-state index contributed by atoms with van der Waals surface area (Å²) in [6.07, 6.45) is 7.68. The molecule has 84 valence electrons. The molecule has 0 nitrogen and oxygen atoms in total. The Morgan fingerprint density at radius 1 is 1.06 bits per heavy atom. The molecule has 0 atom stereocenters. The molecule has 0 saturated carbocycles. The van der Waals surface area contributed by atoms with Gasteiger partial charge in [-0.15, -0.1) is 0 Å². The summed E-state index contributed by atoms with van der Waals surface area (Å²) in [6, 6.07) is 6.52. The third kappa shape index (κ3) is 2.96. The van der Waals surface area contributed by atoms with E-state index in [0.29, 0.717) is 0 Å². The van der Waals surface area contributed by atoms with Crippen LogP contribution in [0.15, 0.2) is 43.5 Å². The minimum Gasteiger partial charge on any atom is -0.0991 e. The van der Waals surface area contributed by atoms with Gasteiger partial charge in [0.2, 0.25) is 0 Å². The quantitative estimate of drug-likeness (QED) is 0.630. The number of hydrogen-bond acceptors (Lipinski definition) is 0. The van der Waals surface area contributed by atoms with Crippen LogP contribution in [-0.2, 0) is 5.41 Å². The average Bonchev–Trinajstić information content (AvgIpc) is 2.24. The Hall–Kier alpha value is -1.56. The molecule has 0 heterocycles. The van der Waals surface area contributed by atoms with E-state index in [0.717, 1.165) is 0 Å². The lowest BCUT2D eigenvalue weighted by Crippen LogP contribution is -2.11. The Bertz CT molecular complexity index is 414. The van der Waals surface area contributed by atoms with Crippen LogP contribution in [0, 0.1) is 0 Å². The second kappa shape index (κ2) is 4.98. The summed E-state index contributed by atoms with van der Waals surface area (Å²) in [4.78, 5) is 0. The molecule has 0 aliphatic rings. The van der Waals surface area contributed by atoms with Gasteiger partial charge in [-0.3, -0.25) is 0 Å². The Balaban J connectivity index is 3.21. The summed E-state index contributed by atoms with van der Waals surface area (Å²) in [5.41, 5.74) is 3.87. The van der Waals surface area contributed by atoms with E-state index < -0.39 is 0 Å². The van der Waals surface area contributed by atoms with Gasteiger partial charge in [0.15, 0.2) is 0 Å². The summed E-state index contributed by atoms with van der Waals surface area (Å²) >= 11 is 0. The van der Waals surface area contributed by atoms with Gasteiger partial charge >= 0.3 is 0 Å². The molecule has 0 unspecified atom stereocenters. The lowest BCUT2D eigenvalue weighted by Gasteiger charge is -2.20. The van der Waals surface area contributed by atoms with E-state index in [1.165, 1.54) is 16.7 Å². The molecule has 1 aromatic rings. The first kappa shape index (κ1) is 12.5. The molecule has 0 amide bonds. The van der Waals surface area contributed by atoms with E-state index in [1.807, 2.05) is 12.2 Å². The topological polar surface area (TPSA) is 0 Å². The maximum absolute atomic E-state index is 3.86. The van der Waals surface area contributed by atoms with E-state index in [4.69, 9.17) is 0 Å². The van der Waals surface area contributed by atoms with Gasteiger partial charge in [0.25, 0.3) is 0 Å². The van der Waals surface area contributed by atoms with E-state index >= 15 is 0 Å². The lowest BCUT2D eigenvalue weighted by molar-refractivity contribution is 0.590. The van der Waals surface area contributed by atoms with Gasteiger partial charge in [-0.2, -0.15) is 0 Å². The second-order valence-corrected chi connectivity index (χ2v) is 4.89. The van der Waals surface area contributed by atoms with Crippen molar-refractivity contribution in [3.63, 3.8) is 0 Å². The van der Waals surface area contributed by atoms with Crippen LogP contribution in [0.4, 0.5) is 0 Å².